The molecule has 0 saturated heterocycles. The zero-order valence-corrected chi connectivity index (χ0v) is 15.1. The summed E-state index contributed by atoms with van der Waals surface area (Å²) in [7, 11) is 0. The minimum Gasteiger partial charge on any atom is -0.467 e. The van der Waals surface area contributed by atoms with Gasteiger partial charge in [0.15, 0.2) is 5.16 Å². The van der Waals surface area contributed by atoms with Gasteiger partial charge in [0.25, 0.3) is 0 Å². The topological polar surface area (TPSA) is 73.0 Å². The first-order valence-corrected chi connectivity index (χ1v) is 9.67. The van der Waals surface area contributed by atoms with Gasteiger partial charge in [-0.25, -0.2) is 0 Å². The maximum Gasteiger partial charge on any atom is 0.230 e. The van der Waals surface area contributed by atoms with Crippen molar-refractivity contribution in [1.29, 1.82) is 0 Å². The van der Waals surface area contributed by atoms with E-state index in [0.29, 0.717) is 18.2 Å². The summed E-state index contributed by atoms with van der Waals surface area (Å²) in [5, 5.41) is 12.4. The first kappa shape index (κ1) is 16.9. The molecule has 1 N–H and O–H groups in total. The Hall–Kier alpha value is -2.54. The Kier molecular flexibility index (Phi) is 5.06. The Morgan fingerprint density at radius 3 is 2.77 bits per heavy atom. The highest BCUT2D eigenvalue weighted by Gasteiger charge is 2.30. The maximum atomic E-state index is 12.1. The summed E-state index contributed by atoms with van der Waals surface area (Å²) < 4.78 is 7.37. The van der Waals surface area contributed by atoms with Gasteiger partial charge >= 0.3 is 0 Å². The minimum absolute atomic E-state index is 0.0476. The van der Waals surface area contributed by atoms with Crippen molar-refractivity contribution < 1.29 is 9.21 Å². The quantitative estimate of drug-likeness (QED) is 0.618. The highest BCUT2D eigenvalue weighted by molar-refractivity contribution is 7.99. The SMILES string of the molecule is O=C(CSc1nnc(C2CC2)n1Cc1ccccc1)NCc1ccco1. The van der Waals surface area contributed by atoms with Crippen LogP contribution in [0.1, 0.15) is 35.9 Å². The summed E-state index contributed by atoms with van der Waals surface area (Å²) in [5.41, 5.74) is 1.21. The molecule has 1 aromatic carbocycles. The van der Waals surface area contributed by atoms with Gasteiger partial charge in [0.05, 0.1) is 25.1 Å². The number of amides is 1. The van der Waals surface area contributed by atoms with Crippen molar-refractivity contribution in [2.75, 3.05) is 5.75 Å². The van der Waals surface area contributed by atoms with Gasteiger partial charge in [-0.05, 0) is 30.5 Å². The van der Waals surface area contributed by atoms with Gasteiger partial charge in [-0.1, -0.05) is 42.1 Å². The number of furan rings is 1. The second-order valence-electron chi connectivity index (χ2n) is 6.33. The van der Waals surface area contributed by atoms with E-state index in [1.165, 1.54) is 30.2 Å². The molecular formula is C19H20N4O2S. The van der Waals surface area contributed by atoms with E-state index in [1.807, 2.05) is 30.3 Å². The van der Waals surface area contributed by atoms with Crippen molar-refractivity contribution >= 4 is 17.7 Å². The fraction of sp³-hybridized carbons (Fsp3) is 0.316. The van der Waals surface area contributed by atoms with Gasteiger partial charge in [-0.2, -0.15) is 0 Å². The molecule has 6 nitrogen and oxygen atoms in total. The molecule has 4 rings (SSSR count). The number of nitrogens with one attached hydrogen (secondary N) is 1. The average molecular weight is 368 g/mol. The third-order valence-electron chi connectivity index (χ3n) is 4.24. The molecule has 0 spiro atoms. The van der Waals surface area contributed by atoms with Crippen LogP contribution in [0, 0.1) is 0 Å². The van der Waals surface area contributed by atoms with Crippen LogP contribution in [0.4, 0.5) is 0 Å². The number of carbonyl (C=O) groups excluding carboxylic acids is 1. The molecule has 0 radical (unpaired) electrons. The van der Waals surface area contributed by atoms with Gasteiger partial charge in [0.2, 0.25) is 5.91 Å². The van der Waals surface area contributed by atoms with Crippen LogP contribution in [0.25, 0.3) is 0 Å². The van der Waals surface area contributed by atoms with Gasteiger partial charge in [-0.15, -0.1) is 10.2 Å². The number of thioether (sulfide) groups is 1. The van der Waals surface area contributed by atoms with Crippen LogP contribution in [-0.2, 0) is 17.9 Å². The normalized spacial score (nSPS) is 13.7. The highest BCUT2D eigenvalue weighted by atomic mass is 32.2. The van der Waals surface area contributed by atoms with Crippen LogP contribution in [0.2, 0.25) is 0 Å². The molecular weight excluding hydrogens is 348 g/mol. The van der Waals surface area contributed by atoms with Gasteiger partial charge in [-0.3, -0.25) is 4.79 Å². The molecule has 1 saturated carbocycles. The van der Waals surface area contributed by atoms with E-state index >= 15 is 0 Å². The van der Waals surface area contributed by atoms with E-state index in [0.717, 1.165) is 23.3 Å². The summed E-state index contributed by atoms with van der Waals surface area (Å²) in [6.45, 7) is 1.13. The molecule has 2 aromatic heterocycles. The van der Waals surface area contributed by atoms with Crippen molar-refractivity contribution in [1.82, 2.24) is 20.1 Å². The summed E-state index contributed by atoms with van der Waals surface area (Å²) in [6, 6.07) is 13.9. The third kappa shape index (κ3) is 4.16. The van der Waals surface area contributed by atoms with Crippen LogP contribution < -0.4 is 5.32 Å². The Balaban J connectivity index is 1.40. The van der Waals surface area contributed by atoms with Crippen molar-refractivity contribution in [2.45, 2.75) is 37.0 Å². The second-order valence-corrected chi connectivity index (χ2v) is 7.27. The smallest absolute Gasteiger partial charge is 0.230 e. The van der Waals surface area contributed by atoms with E-state index in [1.54, 1.807) is 6.26 Å². The molecule has 3 aromatic rings. The van der Waals surface area contributed by atoms with Crippen LogP contribution in [0.3, 0.4) is 0 Å². The van der Waals surface area contributed by atoms with E-state index in [4.69, 9.17) is 4.42 Å². The number of carbonyl (C=O) groups is 1. The second kappa shape index (κ2) is 7.78. The summed E-state index contributed by atoms with van der Waals surface area (Å²) >= 11 is 1.42. The lowest BCUT2D eigenvalue weighted by molar-refractivity contribution is -0.118. The highest BCUT2D eigenvalue weighted by Crippen LogP contribution is 2.40. The zero-order valence-electron chi connectivity index (χ0n) is 14.3. The molecule has 0 bridgehead atoms. The first-order chi connectivity index (χ1) is 12.8. The van der Waals surface area contributed by atoms with E-state index in [9.17, 15) is 4.79 Å². The minimum atomic E-state index is -0.0476. The van der Waals surface area contributed by atoms with E-state index < -0.39 is 0 Å². The average Bonchev–Trinajstić information content (AvgIpc) is 3.22. The first-order valence-electron chi connectivity index (χ1n) is 8.68. The van der Waals surface area contributed by atoms with Crippen molar-refractivity contribution in [2.24, 2.45) is 0 Å². The number of rotatable bonds is 8. The van der Waals surface area contributed by atoms with Crippen molar-refractivity contribution in [3.8, 4) is 0 Å². The molecule has 1 aliphatic carbocycles. The fourth-order valence-corrected chi connectivity index (χ4v) is 3.52. The van der Waals surface area contributed by atoms with Gasteiger partial charge in [0, 0.05) is 5.92 Å². The number of nitrogens with zero attached hydrogens (tertiary/aromatic N) is 3. The molecule has 2 heterocycles. The summed E-state index contributed by atoms with van der Waals surface area (Å²) in [5.74, 6) is 2.54. The lowest BCUT2D eigenvalue weighted by Gasteiger charge is -2.10. The monoisotopic (exact) mass is 368 g/mol. The zero-order chi connectivity index (χ0) is 17.8. The van der Waals surface area contributed by atoms with Gasteiger partial charge < -0.3 is 14.3 Å². The Morgan fingerprint density at radius 2 is 2.04 bits per heavy atom. The molecule has 1 amide bonds. The standard InChI is InChI=1S/C19H20N4O2S/c24-17(20-11-16-7-4-10-25-16)13-26-19-22-21-18(15-8-9-15)23(19)12-14-5-2-1-3-6-14/h1-7,10,15H,8-9,11-13H2,(H,20,24). The van der Waals surface area contributed by atoms with Crippen molar-refractivity contribution in [3.63, 3.8) is 0 Å². The number of benzene rings is 1. The summed E-state index contributed by atoms with van der Waals surface area (Å²) in [6.07, 6.45) is 3.93. The lowest BCUT2D eigenvalue weighted by atomic mass is 10.2. The Bertz CT molecular complexity index is 857. The lowest BCUT2D eigenvalue weighted by Crippen LogP contribution is -2.24. The predicted molar refractivity (Wildman–Crippen MR) is 98.8 cm³/mol. The van der Waals surface area contributed by atoms with E-state index in [-0.39, 0.29) is 5.91 Å². The molecule has 0 unspecified atom stereocenters. The van der Waals surface area contributed by atoms with E-state index in [2.05, 4.69) is 32.2 Å². The molecule has 0 atom stereocenters. The molecule has 134 valence electrons. The van der Waals surface area contributed by atoms with Crippen LogP contribution in [0.5, 0.6) is 0 Å². The summed E-state index contributed by atoms with van der Waals surface area (Å²) in [4.78, 5) is 12.1. The number of aromatic nitrogens is 3. The van der Waals surface area contributed by atoms with Gasteiger partial charge in [0.1, 0.15) is 11.6 Å². The number of hydrogen-bond acceptors (Lipinski definition) is 5. The largest absolute Gasteiger partial charge is 0.467 e. The Morgan fingerprint density at radius 1 is 1.19 bits per heavy atom. The Labute approximate surface area is 156 Å². The molecule has 1 aliphatic rings. The molecule has 0 aliphatic heterocycles. The number of hydrogen-bond donors (Lipinski definition) is 1. The van der Waals surface area contributed by atoms with Crippen LogP contribution in [-0.4, -0.2) is 26.4 Å². The fourth-order valence-electron chi connectivity index (χ4n) is 2.74. The molecule has 1 fully saturated rings. The molecule has 26 heavy (non-hydrogen) atoms. The van der Waals surface area contributed by atoms with Crippen LogP contribution in [0.15, 0.2) is 58.3 Å². The third-order valence-corrected chi connectivity index (χ3v) is 5.21. The molecule has 7 heteroatoms. The van der Waals surface area contributed by atoms with Crippen molar-refractivity contribution in [3.05, 3.63) is 65.9 Å². The predicted octanol–water partition coefficient (Wildman–Crippen LogP) is 3.21. The maximum absolute atomic E-state index is 12.1. The van der Waals surface area contributed by atoms with Crippen LogP contribution >= 0.6 is 11.8 Å².